The van der Waals surface area contributed by atoms with Crippen molar-refractivity contribution in [1.82, 2.24) is 9.47 Å². The Labute approximate surface area is 202 Å². The van der Waals surface area contributed by atoms with Gasteiger partial charge in [-0.2, -0.15) is 0 Å². The summed E-state index contributed by atoms with van der Waals surface area (Å²) in [6.07, 6.45) is 7.84. The molecule has 4 aromatic rings. The van der Waals surface area contributed by atoms with Crippen LogP contribution >= 0.6 is 22.7 Å². The van der Waals surface area contributed by atoms with Crippen LogP contribution in [0.4, 0.5) is 10.5 Å². The molecule has 0 spiro atoms. The Morgan fingerprint density at radius 2 is 1.94 bits per heavy atom. The number of thiophene rings is 2. The number of nitrogens with one attached hydrogen (secondary N) is 1. The zero-order valence-corrected chi connectivity index (χ0v) is 20.3. The molecule has 0 bridgehead atoms. The van der Waals surface area contributed by atoms with Crippen molar-refractivity contribution in [2.75, 3.05) is 5.32 Å². The van der Waals surface area contributed by atoms with Gasteiger partial charge in [0.2, 0.25) is 0 Å². The number of nitrogens with zero attached hydrogens (tertiary/aromatic N) is 2. The molecule has 0 radical (unpaired) electrons. The molecule has 1 unspecified atom stereocenters. The summed E-state index contributed by atoms with van der Waals surface area (Å²) in [7, 11) is 0. The van der Waals surface area contributed by atoms with E-state index in [0.29, 0.717) is 6.54 Å². The van der Waals surface area contributed by atoms with Gasteiger partial charge in [0, 0.05) is 27.2 Å². The molecule has 2 amide bonds. The van der Waals surface area contributed by atoms with E-state index in [1.807, 2.05) is 29.5 Å². The lowest BCUT2D eigenvalue weighted by Crippen LogP contribution is -2.38. The average Bonchev–Trinajstić information content (AvgIpc) is 3.59. The third-order valence-electron chi connectivity index (χ3n) is 6.89. The van der Waals surface area contributed by atoms with Crippen molar-refractivity contribution in [3.8, 4) is 5.00 Å². The van der Waals surface area contributed by atoms with E-state index in [1.165, 1.54) is 38.7 Å². The van der Waals surface area contributed by atoms with Crippen LogP contribution in [0.15, 0.2) is 60.1 Å². The van der Waals surface area contributed by atoms with Gasteiger partial charge in [-0.15, -0.1) is 22.7 Å². The van der Waals surface area contributed by atoms with Gasteiger partial charge in [-0.05, 0) is 72.9 Å². The Balaban J connectivity index is 1.48. The van der Waals surface area contributed by atoms with Gasteiger partial charge < -0.3 is 14.8 Å². The molecule has 6 heteroatoms. The van der Waals surface area contributed by atoms with Crippen LogP contribution in [0.25, 0.3) is 5.00 Å². The normalized spacial score (nSPS) is 17.1. The number of carbonyl (C=O) groups excluding carboxylic acids is 1. The fourth-order valence-corrected chi connectivity index (χ4v) is 7.52. The third-order valence-corrected chi connectivity index (χ3v) is 9.15. The predicted molar refractivity (Wildman–Crippen MR) is 137 cm³/mol. The number of hydrogen-bond acceptors (Lipinski definition) is 3. The van der Waals surface area contributed by atoms with Gasteiger partial charge in [0.1, 0.15) is 11.0 Å². The first-order valence-corrected chi connectivity index (χ1v) is 13.4. The average molecular weight is 474 g/mol. The van der Waals surface area contributed by atoms with Crippen molar-refractivity contribution in [3.05, 3.63) is 92.2 Å². The zero-order valence-electron chi connectivity index (χ0n) is 18.7. The number of anilines is 1. The van der Waals surface area contributed by atoms with Gasteiger partial charge in [-0.1, -0.05) is 31.2 Å². The summed E-state index contributed by atoms with van der Waals surface area (Å²) in [6.45, 7) is 2.76. The summed E-state index contributed by atoms with van der Waals surface area (Å²) in [4.78, 5) is 18.7. The topological polar surface area (TPSA) is 37.3 Å². The number of benzene rings is 1. The van der Waals surface area contributed by atoms with Gasteiger partial charge in [0.25, 0.3) is 0 Å². The smallest absolute Gasteiger partial charge is 0.310 e. The molecule has 0 saturated carbocycles. The molecule has 4 nitrogen and oxygen atoms in total. The molecule has 33 heavy (non-hydrogen) atoms. The lowest BCUT2D eigenvalue weighted by molar-refractivity contribution is 0.195. The Morgan fingerprint density at radius 1 is 1.06 bits per heavy atom. The van der Waals surface area contributed by atoms with E-state index >= 15 is 0 Å². The van der Waals surface area contributed by atoms with Crippen LogP contribution in [-0.4, -0.2) is 15.5 Å². The van der Waals surface area contributed by atoms with E-state index in [-0.39, 0.29) is 12.1 Å². The SMILES string of the molecule is CCc1ccccc1NC(=O)N1Cc2c(sc3c2CCCC3)-n2cccc2C1c1cccs1. The lowest BCUT2D eigenvalue weighted by atomic mass is 9.95. The van der Waals surface area contributed by atoms with Crippen molar-refractivity contribution in [2.24, 2.45) is 0 Å². The maximum Gasteiger partial charge on any atom is 0.323 e. The fourth-order valence-electron chi connectivity index (χ4n) is 5.27. The highest BCUT2D eigenvalue weighted by molar-refractivity contribution is 7.15. The molecule has 3 aromatic heterocycles. The largest absolute Gasteiger partial charge is 0.323 e. The van der Waals surface area contributed by atoms with Gasteiger partial charge in [0.15, 0.2) is 0 Å². The summed E-state index contributed by atoms with van der Waals surface area (Å²) in [5.41, 5.74) is 6.05. The molecule has 4 heterocycles. The molecule has 1 aliphatic heterocycles. The molecule has 0 saturated heterocycles. The van der Waals surface area contributed by atoms with Crippen LogP contribution in [0.2, 0.25) is 0 Å². The van der Waals surface area contributed by atoms with Crippen LogP contribution < -0.4 is 5.32 Å². The first kappa shape index (κ1) is 20.8. The Bertz CT molecular complexity index is 1300. The number of para-hydroxylation sites is 1. The maximum absolute atomic E-state index is 13.9. The van der Waals surface area contributed by atoms with Crippen molar-refractivity contribution in [1.29, 1.82) is 0 Å². The van der Waals surface area contributed by atoms with Crippen molar-refractivity contribution >= 4 is 34.4 Å². The number of aromatic nitrogens is 1. The number of fused-ring (bicyclic) bond motifs is 5. The number of aryl methyl sites for hydroxylation is 2. The molecule has 168 valence electrons. The van der Waals surface area contributed by atoms with Crippen LogP contribution in [0.3, 0.4) is 0 Å². The molecule has 1 aromatic carbocycles. The van der Waals surface area contributed by atoms with Crippen molar-refractivity contribution in [2.45, 2.75) is 51.6 Å². The fraction of sp³-hybridized carbons (Fsp3) is 0.296. The van der Waals surface area contributed by atoms with E-state index in [9.17, 15) is 4.79 Å². The first-order chi connectivity index (χ1) is 16.2. The molecular formula is C27H27N3OS2. The van der Waals surface area contributed by atoms with E-state index in [0.717, 1.165) is 36.2 Å². The van der Waals surface area contributed by atoms with Crippen LogP contribution in [0.1, 0.15) is 57.9 Å². The first-order valence-electron chi connectivity index (χ1n) is 11.7. The summed E-state index contributed by atoms with van der Waals surface area (Å²) in [5.74, 6) is 0. The van der Waals surface area contributed by atoms with Crippen LogP contribution in [0.5, 0.6) is 0 Å². The molecule has 0 fully saturated rings. The molecule has 1 N–H and O–H groups in total. The quantitative estimate of drug-likeness (QED) is 0.336. The van der Waals surface area contributed by atoms with Gasteiger partial charge in [-0.25, -0.2) is 4.79 Å². The van der Waals surface area contributed by atoms with Gasteiger partial charge in [0.05, 0.1) is 12.2 Å². The number of carbonyl (C=O) groups is 1. The molecule has 6 rings (SSSR count). The Morgan fingerprint density at radius 3 is 2.79 bits per heavy atom. The second kappa shape index (κ2) is 8.50. The minimum absolute atomic E-state index is 0.0364. The maximum atomic E-state index is 13.9. The molecular weight excluding hydrogens is 446 g/mol. The molecule has 2 aliphatic rings. The Kier molecular flexibility index (Phi) is 5.35. The highest BCUT2D eigenvalue weighted by atomic mass is 32.1. The number of rotatable bonds is 3. The molecule has 1 aliphatic carbocycles. The second-order valence-electron chi connectivity index (χ2n) is 8.78. The van der Waals surface area contributed by atoms with Gasteiger partial charge in [-0.3, -0.25) is 0 Å². The van der Waals surface area contributed by atoms with E-state index in [4.69, 9.17) is 0 Å². The summed E-state index contributed by atoms with van der Waals surface area (Å²) in [6, 6.07) is 16.5. The van der Waals surface area contributed by atoms with Gasteiger partial charge >= 0.3 is 6.03 Å². The zero-order chi connectivity index (χ0) is 22.4. The van der Waals surface area contributed by atoms with E-state index < -0.39 is 0 Å². The van der Waals surface area contributed by atoms with Crippen LogP contribution in [-0.2, 0) is 25.8 Å². The van der Waals surface area contributed by atoms with Crippen molar-refractivity contribution < 1.29 is 4.79 Å². The molecule has 1 atom stereocenters. The number of hydrogen-bond donors (Lipinski definition) is 1. The van der Waals surface area contributed by atoms with E-state index in [2.05, 4.69) is 63.6 Å². The van der Waals surface area contributed by atoms with Crippen LogP contribution in [0, 0.1) is 0 Å². The van der Waals surface area contributed by atoms with Crippen molar-refractivity contribution in [3.63, 3.8) is 0 Å². The number of amides is 2. The minimum Gasteiger partial charge on any atom is -0.310 e. The minimum atomic E-state index is -0.118. The van der Waals surface area contributed by atoms with E-state index in [1.54, 1.807) is 11.3 Å². The predicted octanol–water partition coefficient (Wildman–Crippen LogP) is 7.18. The summed E-state index contributed by atoms with van der Waals surface area (Å²) >= 11 is 3.65. The standard InChI is InChI=1S/C27H27N3OS2/c1-2-18-9-3-5-11-21(18)28-27(31)30-17-20-19-10-4-6-13-23(19)33-26(20)29-15-7-12-22(29)25(30)24-14-8-16-32-24/h3,5,7-9,11-12,14-16,25H,2,4,6,10,13,17H2,1H3,(H,28,31). The summed E-state index contributed by atoms with van der Waals surface area (Å²) < 4.78 is 2.34. The lowest BCUT2D eigenvalue weighted by Gasteiger charge is -2.30. The highest BCUT2D eigenvalue weighted by Gasteiger charge is 2.36. The number of urea groups is 1. The third kappa shape index (κ3) is 3.52. The highest BCUT2D eigenvalue weighted by Crippen LogP contribution is 2.44. The second-order valence-corrected chi connectivity index (χ2v) is 10.8. The summed E-state index contributed by atoms with van der Waals surface area (Å²) in [5, 5.41) is 6.67. The monoisotopic (exact) mass is 473 g/mol. The Hall–Kier alpha value is -2.83.